The number of H-pyrrole nitrogens is 1. The van der Waals surface area contributed by atoms with Crippen LogP contribution in [-0.2, 0) is 0 Å². The van der Waals surface area contributed by atoms with Gasteiger partial charge in [0.1, 0.15) is 0 Å². The summed E-state index contributed by atoms with van der Waals surface area (Å²) in [4.78, 5) is 3.28. The van der Waals surface area contributed by atoms with Gasteiger partial charge in [0.15, 0.2) is 4.77 Å². The topological polar surface area (TPSA) is 44.5 Å². The predicted molar refractivity (Wildman–Crippen MR) is 86.6 cm³/mol. The van der Waals surface area contributed by atoms with Gasteiger partial charge in [-0.25, -0.2) is 0 Å². The lowest BCUT2D eigenvalue weighted by Crippen LogP contribution is -2.25. The van der Waals surface area contributed by atoms with Gasteiger partial charge in [-0.05, 0) is 49.5 Å². The average molecular weight is 303 g/mol. The number of aromatic amines is 1. The molecule has 104 valence electrons. The van der Waals surface area contributed by atoms with Gasteiger partial charge in [-0.1, -0.05) is 12.8 Å². The second-order valence-electron chi connectivity index (χ2n) is 5.27. The zero-order valence-corrected chi connectivity index (χ0v) is 13.1. The fourth-order valence-corrected chi connectivity index (χ4v) is 4.49. The second-order valence-corrected chi connectivity index (χ2v) is 6.73. The summed E-state index contributed by atoms with van der Waals surface area (Å²) in [6.07, 6.45) is 7.17. The molecule has 0 radical (unpaired) electrons. The minimum absolute atomic E-state index is 0.439. The summed E-state index contributed by atoms with van der Waals surface area (Å²) in [5.74, 6) is 0. The van der Waals surface area contributed by atoms with Crippen LogP contribution >= 0.6 is 24.0 Å². The first-order valence-corrected chi connectivity index (χ1v) is 8.61. The molecule has 1 heterocycles. The number of benzene rings is 1. The Morgan fingerprint density at radius 2 is 2.20 bits per heavy atom. The quantitative estimate of drug-likeness (QED) is 0.835. The van der Waals surface area contributed by atoms with Crippen LogP contribution in [0.3, 0.4) is 0 Å². The van der Waals surface area contributed by atoms with Crippen LogP contribution < -0.4 is 0 Å². The third-order valence-electron chi connectivity index (χ3n) is 4.15. The fraction of sp³-hybridized carbons (Fsp3) is 0.467. The van der Waals surface area contributed by atoms with Crippen molar-refractivity contribution in [1.82, 2.24) is 9.55 Å². The minimum Gasteiger partial charge on any atom is -0.331 e. The van der Waals surface area contributed by atoms with Gasteiger partial charge >= 0.3 is 0 Å². The first-order chi connectivity index (χ1) is 9.74. The molecule has 3 rings (SSSR count). The first-order valence-electron chi connectivity index (χ1n) is 6.91. The summed E-state index contributed by atoms with van der Waals surface area (Å²) in [7, 11) is 0. The van der Waals surface area contributed by atoms with Gasteiger partial charge < -0.3 is 9.55 Å². The molecule has 1 aromatic carbocycles. The molecule has 2 atom stereocenters. The molecule has 5 heteroatoms. The maximum absolute atomic E-state index is 9.10. The van der Waals surface area contributed by atoms with Crippen molar-refractivity contribution in [1.29, 1.82) is 5.26 Å². The Labute approximate surface area is 128 Å². The van der Waals surface area contributed by atoms with Gasteiger partial charge in [0.05, 0.1) is 22.7 Å². The Morgan fingerprint density at radius 1 is 1.40 bits per heavy atom. The van der Waals surface area contributed by atoms with Crippen molar-refractivity contribution in [3.05, 3.63) is 28.5 Å². The Hall–Kier alpha value is -1.25. The average Bonchev–Trinajstić information content (AvgIpc) is 2.81. The Balaban J connectivity index is 2.16. The van der Waals surface area contributed by atoms with Crippen molar-refractivity contribution < 1.29 is 0 Å². The second kappa shape index (κ2) is 5.63. The van der Waals surface area contributed by atoms with Crippen LogP contribution in [0.25, 0.3) is 11.0 Å². The largest absolute Gasteiger partial charge is 0.331 e. The number of rotatable bonds is 2. The van der Waals surface area contributed by atoms with Gasteiger partial charge in [0, 0.05) is 11.3 Å². The van der Waals surface area contributed by atoms with Gasteiger partial charge in [-0.2, -0.15) is 17.0 Å². The van der Waals surface area contributed by atoms with Crippen molar-refractivity contribution in [2.75, 3.05) is 6.26 Å². The normalized spacial score (nSPS) is 22.8. The molecular weight excluding hydrogens is 286 g/mol. The van der Waals surface area contributed by atoms with Crippen LogP contribution in [-0.4, -0.2) is 21.1 Å². The van der Waals surface area contributed by atoms with Crippen LogP contribution in [0.2, 0.25) is 0 Å². The van der Waals surface area contributed by atoms with Crippen LogP contribution in [0.15, 0.2) is 18.2 Å². The Morgan fingerprint density at radius 3 is 2.95 bits per heavy atom. The molecule has 0 aliphatic heterocycles. The third kappa shape index (κ3) is 2.27. The predicted octanol–water partition coefficient (Wildman–Crippen LogP) is 4.42. The summed E-state index contributed by atoms with van der Waals surface area (Å²) in [6, 6.07) is 8.40. The molecule has 0 spiro atoms. The molecule has 0 amide bonds. The molecular formula is C15H17N3S2. The fourth-order valence-electron chi connectivity index (χ4n) is 3.17. The van der Waals surface area contributed by atoms with E-state index in [-0.39, 0.29) is 0 Å². The highest BCUT2D eigenvalue weighted by Crippen LogP contribution is 2.37. The summed E-state index contributed by atoms with van der Waals surface area (Å²) in [5, 5.41) is 9.71. The molecule has 0 bridgehead atoms. The Bertz CT molecular complexity index is 723. The molecule has 20 heavy (non-hydrogen) atoms. The molecule has 1 aromatic heterocycles. The molecule has 1 fully saturated rings. The van der Waals surface area contributed by atoms with Gasteiger partial charge in [-0.15, -0.1) is 0 Å². The number of fused-ring (bicyclic) bond motifs is 1. The SMILES string of the molecule is CSC1CCCCC1n1c(=S)[nH]c2ccc(C#N)cc21. The van der Waals surface area contributed by atoms with Gasteiger partial charge in [-0.3, -0.25) is 0 Å². The van der Waals surface area contributed by atoms with E-state index in [1.54, 1.807) is 0 Å². The van der Waals surface area contributed by atoms with Crippen LogP contribution in [0, 0.1) is 16.1 Å². The molecule has 1 aliphatic rings. The zero-order valence-electron chi connectivity index (χ0n) is 11.4. The summed E-state index contributed by atoms with van der Waals surface area (Å²) in [5.41, 5.74) is 2.79. The molecule has 0 saturated heterocycles. The zero-order chi connectivity index (χ0) is 14.1. The number of hydrogen-bond donors (Lipinski definition) is 1. The van der Waals surface area contributed by atoms with E-state index >= 15 is 0 Å². The smallest absolute Gasteiger partial charge is 0.178 e. The van der Waals surface area contributed by atoms with E-state index in [0.29, 0.717) is 16.9 Å². The maximum atomic E-state index is 9.10. The number of nitrogens with one attached hydrogen (secondary N) is 1. The Kier molecular flexibility index (Phi) is 3.86. The standard InChI is InChI=1S/C15H17N3S2/c1-20-14-5-3-2-4-12(14)18-13-8-10(9-16)6-7-11(13)17-15(18)19/h6-8,12,14H,2-5H2,1H3,(H,17,19). The first kappa shape index (κ1) is 13.7. The van der Waals surface area contributed by atoms with E-state index in [0.717, 1.165) is 15.8 Å². The maximum Gasteiger partial charge on any atom is 0.178 e. The van der Waals surface area contributed by atoms with E-state index in [2.05, 4.69) is 21.9 Å². The van der Waals surface area contributed by atoms with Crippen LogP contribution in [0.5, 0.6) is 0 Å². The van der Waals surface area contributed by atoms with E-state index in [1.165, 1.54) is 25.7 Å². The molecule has 1 saturated carbocycles. The van der Waals surface area contributed by atoms with Crippen molar-refractivity contribution in [3.8, 4) is 6.07 Å². The van der Waals surface area contributed by atoms with E-state index in [4.69, 9.17) is 17.5 Å². The molecule has 2 unspecified atom stereocenters. The van der Waals surface area contributed by atoms with Crippen LogP contribution in [0.1, 0.15) is 37.3 Å². The molecule has 3 nitrogen and oxygen atoms in total. The van der Waals surface area contributed by atoms with Crippen molar-refractivity contribution in [2.45, 2.75) is 37.0 Å². The summed E-state index contributed by atoms with van der Waals surface area (Å²) < 4.78 is 3.02. The lowest BCUT2D eigenvalue weighted by atomic mass is 9.94. The highest BCUT2D eigenvalue weighted by Gasteiger charge is 2.27. The van der Waals surface area contributed by atoms with E-state index < -0.39 is 0 Å². The lowest BCUT2D eigenvalue weighted by Gasteiger charge is -2.31. The van der Waals surface area contributed by atoms with Crippen molar-refractivity contribution in [2.24, 2.45) is 0 Å². The van der Waals surface area contributed by atoms with E-state index in [1.807, 2.05) is 30.0 Å². The van der Waals surface area contributed by atoms with Crippen LogP contribution in [0.4, 0.5) is 0 Å². The van der Waals surface area contributed by atoms with Gasteiger partial charge in [0.25, 0.3) is 0 Å². The van der Waals surface area contributed by atoms with Gasteiger partial charge in [0.2, 0.25) is 0 Å². The van der Waals surface area contributed by atoms with Crippen molar-refractivity contribution >= 4 is 35.0 Å². The molecule has 1 N–H and O–H groups in total. The number of thioether (sulfide) groups is 1. The summed E-state index contributed by atoms with van der Waals surface area (Å²) in [6.45, 7) is 0. The number of aromatic nitrogens is 2. The summed E-state index contributed by atoms with van der Waals surface area (Å²) >= 11 is 7.46. The highest BCUT2D eigenvalue weighted by atomic mass is 32.2. The number of nitriles is 1. The minimum atomic E-state index is 0.439. The highest BCUT2D eigenvalue weighted by molar-refractivity contribution is 7.99. The third-order valence-corrected chi connectivity index (χ3v) is 5.60. The monoisotopic (exact) mass is 303 g/mol. The number of hydrogen-bond acceptors (Lipinski definition) is 3. The molecule has 1 aliphatic carbocycles. The number of imidazole rings is 1. The number of nitrogens with zero attached hydrogens (tertiary/aromatic N) is 2. The molecule has 2 aromatic rings. The van der Waals surface area contributed by atoms with Crippen molar-refractivity contribution in [3.63, 3.8) is 0 Å². The lowest BCUT2D eigenvalue weighted by molar-refractivity contribution is 0.369. The van der Waals surface area contributed by atoms with E-state index in [9.17, 15) is 0 Å².